The fourth-order valence-electron chi connectivity index (χ4n) is 2.02. The highest BCUT2D eigenvalue weighted by atomic mass is 32.1. The van der Waals surface area contributed by atoms with Crippen molar-refractivity contribution in [1.82, 2.24) is 0 Å². The zero-order chi connectivity index (χ0) is 10.7. The normalized spacial score (nSPS) is 26.4. The topological polar surface area (TPSA) is 46.5 Å². The Hall–Kier alpha value is -0.870. The van der Waals surface area contributed by atoms with Crippen molar-refractivity contribution in [2.75, 3.05) is 13.2 Å². The molecule has 1 atom stereocenters. The molecular weight excluding hydrogens is 212 g/mol. The molecule has 1 N–H and O–H groups in total. The number of hydrogen-bond acceptors (Lipinski definition) is 3. The van der Waals surface area contributed by atoms with Gasteiger partial charge >= 0.3 is 5.97 Å². The molecule has 1 fully saturated rings. The van der Waals surface area contributed by atoms with Gasteiger partial charge in [0.25, 0.3) is 0 Å². The van der Waals surface area contributed by atoms with Crippen LogP contribution in [0, 0.1) is 5.41 Å². The predicted octanol–water partition coefficient (Wildman–Crippen LogP) is 2.17. The molecule has 1 aromatic heterocycles. The Morgan fingerprint density at radius 1 is 1.67 bits per heavy atom. The van der Waals surface area contributed by atoms with Gasteiger partial charge in [-0.1, -0.05) is 0 Å². The molecule has 1 aromatic rings. The number of ether oxygens (including phenoxy) is 1. The molecular formula is C11H14O3S. The van der Waals surface area contributed by atoms with E-state index in [0.717, 1.165) is 18.4 Å². The van der Waals surface area contributed by atoms with Crippen LogP contribution in [0.15, 0.2) is 16.8 Å². The molecule has 0 aliphatic carbocycles. The van der Waals surface area contributed by atoms with Gasteiger partial charge in [0.15, 0.2) is 0 Å². The molecule has 1 unspecified atom stereocenters. The van der Waals surface area contributed by atoms with Crippen LogP contribution in [0.3, 0.4) is 0 Å². The lowest BCUT2D eigenvalue weighted by Crippen LogP contribution is -2.41. The quantitative estimate of drug-likeness (QED) is 0.859. The smallest absolute Gasteiger partial charge is 0.312 e. The Bertz CT molecular complexity index is 326. The average Bonchev–Trinajstić information content (AvgIpc) is 2.71. The van der Waals surface area contributed by atoms with E-state index in [1.807, 2.05) is 16.8 Å². The van der Waals surface area contributed by atoms with Gasteiger partial charge in [-0.15, -0.1) is 0 Å². The van der Waals surface area contributed by atoms with Gasteiger partial charge in [0.2, 0.25) is 0 Å². The molecule has 1 aliphatic heterocycles. The Balaban J connectivity index is 2.15. The largest absolute Gasteiger partial charge is 0.481 e. The Kier molecular flexibility index (Phi) is 3.07. The van der Waals surface area contributed by atoms with Crippen molar-refractivity contribution in [3.8, 4) is 0 Å². The van der Waals surface area contributed by atoms with Crippen LogP contribution in [0.5, 0.6) is 0 Å². The number of thiophene rings is 1. The maximum atomic E-state index is 11.3. The van der Waals surface area contributed by atoms with Crippen molar-refractivity contribution in [3.05, 3.63) is 22.4 Å². The van der Waals surface area contributed by atoms with Crippen molar-refractivity contribution < 1.29 is 14.6 Å². The van der Waals surface area contributed by atoms with E-state index in [9.17, 15) is 9.90 Å². The second-order valence-corrected chi connectivity index (χ2v) is 4.83. The van der Waals surface area contributed by atoms with E-state index in [4.69, 9.17) is 4.74 Å². The molecule has 0 radical (unpaired) electrons. The van der Waals surface area contributed by atoms with E-state index in [-0.39, 0.29) is 0 Å². The molecule has 15 heavy (non-hydrogen) atoms. The SMILES string of the molecule is O=C(O)C1(Cc2ccsc2)CCCOC1. The number of hydrogen-bond donors (Lipinski definition) is 1. The summed E-state index contributed by atoms with van der Waals surface area (Å²) in [6.45, 7) is 1.04. The zero-order valence-corrected chi connectivity index (χ0v) is 9.26. The van der Waals surface area contributed by atoms with Crippen molar-refractivity contribution in [2.24, 2.45) is 5.41 Å². The second kappa shape index (κ2) is 4.33. The minimum Gasteiger partial charge on any atom is -0.481 e. The predicted molar refractivity (Wildman–Crippen MR) is 58.1 cm³/mol. The third-order valence-corrected chi connectivity index (χ3v) is 3.63. The van der Waals surface area contributed by atoms with Gasteiger partial charge in [-0.05, 0) is 41.7 Å². The number of carboxylic acids is 1. The number of carbonyl (C=O) groups is 1. The third kappa shape index (κ3) is 2.21. The van der Waals surface area contributed by atoms with E-state index in [1.165, 1.54) is 0 Å². The number of carboxylic acid groups (broad SMARTS) is 1. The molecule has 82 valence electrons. The Morgan fingerprint density at radius 3 is 3.07 bits per heavy atom. The van der Waals surface area contributed by atoms with E-state index in [2.05, 4.69) is 0 Å². The fraction of sp³-hybridized carbons (Fsp3) is 0.545. The molecule has 1 saturated heterocycles. The van der Waals surface area contributed by atoms with E-state index in [1.54, 1.807) is 11.3 Å². The summed E-state index contributed by atoms with van der Waals surface area (Å²) in [6, 6.07) is 1.99. The third-order valence-electron chi connectivity index (χ3n) is 2.90. The van der Waals surface area contributed by atoms with Crippen molar-refractivity contribution in [1.29, 1.82) is 0 Å². The first kappa shape index (κ1) is 10.6. The van der Waals surface area contributed by atoms with Crippen molar-refractivity contribution in [2.45, 2.75) is 19.3 Å². The summed E-state index contributed by atoms with van der Waals surface area (Å²) in [6.07, 6.45) is 2.15. The molecule has 2 heterocycles. The van der Waals surface area contributed by atoms with Gasteiger partial charge in [-0.25, -0.2) is 0 Å². The number of rotatable bonds is 3. The van der Waals surface area contributed by atoms with E-state index < -0.39 is 11.4 Å². The summed E-state index contributed by atoms with van der Waals surface area (Å²) < 4.78 is 5.32. The van der Waals surface area contributed by atoms with Crippen LogP contribution in [0.4, 0.5) is 0 Å². The van der Waals surface area contributed by atoms with Crippen molar-refractivity contribution >= 4 is 17.3 Å². The minimum atomic E-state index is -0.728. The van der Waals surface area contributed by atoms with Crippen LogP contribution in [-0.2, 0) is 16.0 Å². The second-order valence-electron chi connectivity index (χ2n) is 4.05. The summed E-state index contributed by atoms with van der Waals surface area (Å²) in [5.74, 6) is -0.728. The van der Waals surface area contributed by atoms with E-state index in [0.29, 0.717) is 19.6 Å². The molecule has 0 saturated carbocycles. The standard InChI is InChI=1S/C11H14O3S/c12-10(13)11(3-1-4-14-8-11)6-9-2-5-15-7-9/h2,5,7H,1,3-4,6,8H2,(H,12,13). The zero-order valence-electron chi connectivity index (χ0n) is 8.44. The van der Waals surface area contributed by atoms with Crippen molar-refractivity contribution in [3.63, 3.8) is 0 Å². The van der Waals surface area contributed by atoms with Crippen LogP contribution in [0.1, 0.15) is 18.4 Å². The molecule has 2 rings (SSSR count). The first-order valence-electron chi connectivity index (χ1n) is 5.05. The highest BCUT2D eigenvalue weighted by Gasteiger charge is 2.40. The minimum absolute atomic E-state index is 0.345. The average molecular weight is 226 g/mol. The molecule has 1 aliphatic rings. The number of aliphatic carboxylic acids is 1. The lowest BCUT2D eigenvalue weighted by atomic mass is 9.78. The summed E-state index contributed by atoms with van der Waals surface area (Å²) in [7, 11) is 0. The van der Waals surface area contributed by atoms with Gasteiger partial charge in [0.1, 0.15) is 0 Å². The van der Waals surface area contributed by atoms with Gasteiger partial charge in [-0.2, -0.15) is 11.3 Å². The van der Waals surface area contributed by atoms with Crippen LogP contribution >= 0.6 is 11.3 Å². The van der Waals surface area contributed by atoms with Crippen LogP contribution < -0.4 is 0 Å². The maximum absolute atomic E-state index is 11.3. The van der Waals surface area contributed by atoms with Gasteiger partial charge in [-0.3, -0.25) is 4.79 Å². The summed E-state index contributed by atoms with van der Waals surface area (Å²) in [4.78, 5) is 11.3. The first-order valence-corrected chi connectivity index (χ1v) is 5.99. The van der Waals surface area contributed by atoms with Gasteiger partial charge in [0, 0.05) is 6.61 Å². The molecule has 0 aromatic carbocycles. The fourth-order valence-corrected chi connectivity index (χ4v) is 2.69. The van der Waals surface area contributed by atoms with Gasteiger partial charge < -0.3 is 9.84 Å². The summed E-state index contributed by atoms with van der Waals surface area (Å²) >= 11 is 1.60. The van der Waals surface area contributed by atoms with E-state index >= 15 is 0 Å². The maximum Gasteiger partial charge on any atom is 0.312 e. The van der Waals surface area contributed by atoms with Crippen LogP contribution in [0.2, 0.25) is 0 Å². The first-order chi connectivity index (χ1) is 7.23. The highest BCUT2D eigenvalue weighted by molar-refractivity contribution is 7.07. The Labute approximate surface area is 92.7 Å². The Morgan fingerprint density at radius 2 is 2.53 bits per heavy atom. The van der Waals surface area contributed by atoms with Crippen LogP contribution in [-0.4, -0.2) is 24.3 Å². The highest BCUT2D eigenvalue weighted by Crippen LogP contribution is 2.33. The van der Waals surface area contributed by atoms with Crippen LogP contribution in [0.25, 0.3) is 0 Å². The lowest BCUT2D eigenvalue weighted by molar-refractivity contribution is -0.157. The lowest BCUT2D eigenvalue weighted by Gasteiger charge is -2.32. The summed E-state index contributed by atoms with van der Waals surface area (Å²) in [5, 5.41) is 13.3. The monoisotopic (exact) mass is 226 g/mol. The molecule has 0 bridgehead atoms. The molecule has 4 heteroatoms. The molecule has 0 spiro atoms. The molecule has 0 amide bonds. The van der Waals surface area contributed by atoms with Gasteiger partial charge in [0.05, 0.1) is 12.0 Å². The summed E-state index contributed by atoms with van der Waals surface area (Å²) in [5.41, 5.74) is 0.409. The molecule has 3 nitrogen and oxygen atoms in total.